The molecule has 0 saturated heterocycles. The lowest BCUT2D eigenvalue weighted by molar-refractivity contribution is 0.288. The number of benzene rings is 2. The summed E-state index contributed by atoms with van der Waals surface area (Å²) >= 11 is 0. The van der Waals surface area contributed by atoms with Crippen LogP contribution in [-0.4, -0.2) is 33.5 Å². The van der Waals surface area contributed by atoms with Crippen LogP contribution in [0.25, 0.3) is 11.1 Å². The zero-order chi connectivity index (χ0) is 18.6. The Bertz CT molecular complexity index is 793. The van der Waals surface area contributed by atoms with Crippen LogP contribution in [0.1, 0.15) is 11.1 Å². The molecule has 0 spiro atoms. The quantitative estimate of drug-likeness (QED) is 0.798. The maximum atomic E-state index is 9.23. The Morgan fingerprint density at radius 3 is 1.92 bits per heavy atom. The molecule has 0 saturated carbocycles. The first kappa shape index (κ1) is 18.4. The molecule has 132 valence electrons. The Hall–Kier alpha value is -1.34. The van der Waals surface area contributed by atoms with Crippen molar-refractivity contribution in [2.75, 3.05) is 0 Å². The summed E-state index contributed by atoms with van der Waals surface area (Å²) in [6, 6.07) is 14.7. The highest BCUT2D eigenvalue weighted by molar-refractivity contribution is 6.99. The fourth-order valence-electron chi connectivity index (χ4n) is 5.19. The molecule has 0 amide bonds. The molecule has 2 aromatic carbocycles. The Morgan fingerprint density at radius 2 is 1.36 bits per heavy atom. The highest BCUT2D eigenvalue weighted by Crippen LogP contribution is 2.58. The molecule has 0 aliphatic heterocycles. The monoisotopic (exact) mass is 370 g/mol. The van der Waals surface area contributed by atoms with Gasteiger partial charge in [-0.15, -0.1) is 0 Å². The summed E-state index contributed by atoms with van der Waals surface area (Å²) in [5.74, 6) is 0.516. The van der Waals surface area contributed by atoms with Gasteiger partial charge < -0.3 is 14.7 Å². The molecule has 0 aromatic heterocycles. The van der Waals surface area contributed by atoms with Crippen molar-refractivity contribution >= 4 is 23.5 Å². The second-order valence-electron chi connectivity index (χ2n) is 8.95. The van der Waals surface area contributed by atoms with Crippen molar-refractivity contribution in [3.63, 3.8) is 0 Å². The van der Waals surface area contributed by atoms with Crippen molar-refractivity contribution < 1.29 is 14.7 Å². The molecule has 3 rings (SSSR count). The van der Waals surface area contributed by atoms with Crippen molar-refractivity contribution in [3.05, 3.63) is 53.6 Å². The van der Waals surface area contributed by atoms with E-state index in [1.54, 1.807) is 0 Å². The zero-order valence-electron chi connectivity index (χ0n) is 15.9. The van der Waals surface area contributed by atoms with Gasteiger partial charge in [0, 0.05) is 4.66 Å². The SMILES string of the molecule is C[Si](C)(C)C1([Si](C)(C)C)c2ccccc2-c2ccc(OB(O)O)cc21. The first-order chi connectivity index (χ1) is 11.5. The smallest absolute Gasteiger partial charge is 0.512 e. The van der Waals surface area contributed by atoms with Crippen LogP contribution in [0.3, 0.4) is 0 Å². The van der Waals surface area contributed by atoms with Gasteiger partial charge >= 0.3 is 7.32 Å². The standard InChI is InChI=1S/C19H27BO3Si2/c1-24(2,3)19(25(4,5)6)17-10-8-7-9-15(17)16-12-11-14(13-18(16)19)23-20(21)22/h7-13,21-22H,1-6H3. The number of rotatable bonds is 4. The predicted molar refractivity (Wildman–Crippen MR) is 110 cm³/mol. The van der Waals surface area contributed by atoms with Crippen molar-refractivity contribution in [1.29, 1.82) is 0 Å². The van der Waals surface area contributed by atoms with E-state index in [1.165, 1.54) is 22.3 Å². The van der Waals surface area contributed by atoms with Crippen LogP contribution in [0, 0.1) is 0 Å². The van der Waals surface area contributed by atoms with E-state index in [4.69, 9.17) is 4.65 Å². The van der Waals surface area contributed by atoms with Gasteiger partial charge in [-0.3, -0.25) is 0 Å². The third-order valence-corrected chi connectivity index (χ3v) is 15.6. The first-order valence-electron chi connectivity index (χ1n) is 8.77. The molecule has 2 aromatic rings. The molecule has 0 radical (unpaired) electrons. The minimum absolute atomic E-state index is 0.0473. The second-order valence-corrected chi connectivity index (χ2v) is 19.9. The topological polar surface area (TPSA) is 49.7 Å². The minimum atomic E-state index is -1.80. The van der Waals surface area contributed by atoms with Gasteiger partial charge in [0.2, 0.25) is 0 Å². The van der Waals surface area contributed by atoms with Crippen molar-refractivity contribution in [3.8, 4) is 16.9 Å². The Kier molecular flexibility index (Phi) is 4.31. The molecule has 0 bridgehead atoms. The lowest BCUT2D eigenvalue weighted by Gasteiger charge is -2.51. The van der Waals surface area contributed by atoms with Crippen molar-refractivity contribution in [2.45, 2.75) is 43.9 Å². The fourth-order valence-corrected chi connectivity index (χ4v) is 18.3. The summed E-state index contributed by atoms with van der Waals surface area (Å²) < 4.78 is 5.25. The Balaban J connectivity index is 2.40. The summed E-state index contributed by atoms with van der Waals surface area (Å²) in [7, 11) is -5.18. The van der Waals surface area contributed by atoms with Gasteiger partial charge in [0.1, 0.15) is 5.75 Å². The molecule has 1 aliphatic rings. The molecular formula is C19H27BO3Si2. The lowest BCUT2D eigenvalue weighted by Crippen LogP contribution is -2.63. The van der Waals surface area contributed by atoms with Crippen LogP contribution in [0.5, 0.6) is 5.75 Å². The molecule has 0 unspecified atom stereocenters. The summed E-state index contributed by atoms with van der Waals surface area (Å²) in [4.78, 5) is 0. The van der Waals surface area contributed by atoms with Gasteiger partial charge in [0.05, 0.1) is 16.1 Å². The molecule has 2 N–H and O–H groups in total. The Labute approximate surface area is 152 Å². The van der Waals surface area contributed by atoms with Crippen LogP contribution in [0.15, 0.2) is 42.5 Å². The second kappa shape index (κ2) is 5.84. The lowest BCUT2D eigenvalue weighted by atomic mass is 10.1. The maximum Gasteiger partial charge on any atom is 0.707 e. The molecule has 3 nitrogen and oxygen atoms in total. The number of hydrogen-bond donors (Lipinski definition) is 2. The van der Waals surface area contributed by atoms with Crippen LogP contribution < -0.4 is 4.65 Å². The molecule has 0 atom stereocenters. The van der Waals surface area contributed by atoms with E-state index in [2.05, 4.69) is 69.6 Å². The van der Waals surface area contributed by atoms with Gasteiger partial charge in [-0.05, 0) is 34.4 Å². The molecule has 0 heterocycles. The largest absolute Gasteiger partial charge is 0.707 e. The zero-order valence-corrected chi connectivity index (χ0v) is 17.9. The van der Waals surface area contributed by atoms with Gasteiger partial charge in [0.15, 0.2) is 0 Å². The summed E-state index contributed by atoms with van der Waals surface area (Å²) in [5, 5.41) is 18.5. The van der Waals surface area contributed by atoms with E-state index in [-0.39, 0.29) is 4.66 Å². The molecule has 0 fully saturated rings. The summed E-state index contributed by atoms with van der Waals surface area (Å²) in [6.07, 6.45) is 0. The van der Waals surface area contributed by atoms with E-state index in [9.17, 15) is 10.0 Å². The molecule has 6 heteroatoms. The van der Waals surface area contributed by atoms with E-state index in [0.29, 0.717) is 5.75 Å². The molecular weight excluding hydrogens is 343 g/mol. The summed E-state index contributed by atoms with van der Waals surface area (Å²) in [6.45, 7) is 14.7. The maximum absolute atomic E-state index is 9.23. The van der Waals surface area contributed by atoms with E-state index in [1.807, 2.05) is 12.1 Å². The Morgan fingerprint density at radius 1 is 0.800 bits per heavy atom. The highest BCUT2D eigenvalue weighted by atomic mass is 28.4. The molecule has 25 heavy (non-hydrogen) atoms. The van der Waals surface area contributed by atoms with Crippen molar-refractivity contribution in [1.82, 2.24) is 0 Å². The molecule has 1 aliphatic carbocycles. The predicted octanol–water partition coefficient (Wildman–Crippen LogP) is 4.06. The van der Waals surface area contributed by atoms with Crippen LogP contribution in [0.2, 0.25) is 39.3 Å². The van der Waals surface area contributed by atoms with Gasteiger partial charge in [-0.1, -0.05) is 69.6 Å². The van der Waals surface area contributed by atoms with Gasteiger partial charge in [-0.2, -0.15) is 0 Å². The average molecular weight is 370 g/mol. The third kappa shape index (κ3) is 2.63. The van der Waals surface area contributed by atoms with E-state index >= 15 is 0 Å². The average Bonchev–Trinajstić information content (AvgIpc) is 2.76. The van der Waals surface area contributed by atoms with Gasteiger partial charge in [-0.25, -0.2) is 0 Å². The first-order valence-corrected chi connectivity index (χ1v) is 15.8. The highest BCUT2D eigenvalue weighted by Gasteiger charge is 2.59. The van der Waals surface area contributed by atoms with Gasteiger partial charge in [0.25, 0.3) is 0 Å². The van der Waals surface area contributed by atoms with Crippen LogP contribution in [0.4, 0.5) is 0 Å². The normalized spacial score (nSPS) is 15.5. The van der Waals surface area contributed by atoms with Crippen LogP contribution >= 0.6 is 0 Å². The minimum Gasteiger partial charge on any atom is -0.512 e. The van der Waals surface area contributed by atoms with E-state index < -0.39 is 23.5 Å². The van der Waals surface area contributed by atoms with E-state index in [0.717, 1.165) is 0 Å². The van der Waals surface area contributed by atoms with Crippen LogP contribution in [-0.2, 0) is 4.66 Å². The number of fused-ring (bicyclic) bond motifs is 3. The summed E-state index contributed by atoms with van der Waals surface area (Å²) in [5.41, 5.74) is 5.34. The van der Waals surface area contributed by atoms with Crippen molar-refractivity contribution in [2.24, 2.45) is 0 Å². The fraction of sp³-hybridized carbons (Fsp3) is 0.368. The number of hydrogen-bond acceptors (Lipinski definition) is 3. The third-order valence-electron chi connectivity index (χ3n) is 5.51.